The first kappa shape index (κ1) is 26.5. The van der Waals surface area contributed by atoms with Crippen LogP contribution in [0.25, 0.3) is 11.1 Å². The summed E-state index contributed by atoms with van der Waals surface area (Å²) in [5.41, 5.74) is 7.05. The van der Waals surface area contributed by atoms with E-state index >= 15 is 0 Å². The van der Waals surface area contributed by atoms with Crippen LogP contribution >= 0.6 is 19.0 Å². The van der Waals surface area contributed by atoms with E-state index in [1.54, 1.807) is 0 Å². The Bertz CT molecular complexity index is 1030. The summed E-state index contributed by atoms with van der Waals surface area (Å²) in [4.78, 5) is 0. The van der Waals surface area contributed by atoms with Gasteiger partial charge in [0.05, 0.1) is 6.10 Å². The maximum atomic E-state index is 6.79. The fraction of sp³-hybridized carbons (Fsp3) is 0.586. The molecule has 1 aliphatic heterocycles. The van der Waals surface area contributed by atoms with Crippen LogP contribution in [0.2, 0.25) is 0 Å². The van der Waals surface area contributed by atoms with Crippen molar-refractivity contribution in [2.24, 2.45) is 5.41 Å². The molecule has 4 heteroatoms. The van der Waals surface area contributed by atoms with E-state index < -0.39 is 7.73 Å². The normalized spacial score (nSPS) is 19.8. The third-order valence-corrected chi connectivity index (χ3v) is 7.54. The van der Waals surface area contributed by atoms with E-state index in [2.05, 4.69) is 113 Å². The Morgan fingerprint density at radius 3 is 1.76 bits per heavy atom. The van der Waals surface area contributed by atoms with Gasteiger partial charge in [0, 0.05) is 11.1 Å². The first-order valence-corrected chi connectivity index (χ1v) is 14.0. The standard InChI is InChI=1S/C29H42ClO2P/c1-26(2,3)18-13-14-20-21-16-19(27(4,5)6)17-23(28(7,8)9)24(21)31-33(30)32-25(22(20)15-18)29(10,11)12/h13-17,25H,1-12H3. The summed E-state index contributed by atoms with van der Waals surface area (Å²) in [6.07, 6.45) is -0.178. The molecule has 0 aliphatic carbocycles. The van der Waals surface area contributed by atoms with Gasteiger partial charge < -0.3 is 9.05 Å². The second kappa shape index (κ2) is 8.54. The molecule has 2 atom stereocenters. The summed E-state index contributed by atoms with van der Waals surface area (Å²) in [6.45, 7) is 26.9. The average molecular weight is 489 g/mol. The maximum Gasteiger partial charge on any atom is 0.339 e. The minimum absolute atomic E-state index is 0.00847. The summed E-state index contributed by atoms with van der Waals surface area (Å²) in [7, 11) is -1.62. The number of rotatable bonds is 0. The first-order chi connectivity index (χ1) is 14.8. The van der Waals surface area contributed by atoms with Crippen LogP contribution in [-0.2, 0) is 20.8 Å². The van der Waals surface area contributed by atoms with E-state index in [9.17, 15) is 0 Å². The van der Waals surface area contributed by atoms with Gasteiger partial charge in [-0.25, -0.2) is 0 Å². The topological polar surface area (TPSA) is 18.5 Å². The smallest absolute Gasteiger partial charge is 0.339 e. The molecule has 0 spiro atoms. The van der Waals surface area contributed by atoms with Gasteiger partial charge in [0.15, 0.2) is 0 Å². The van der Waals surface area contributed by atoms with Crippen LogP contribution in [-0.4, -0.2) is 0 Å². The minimum atomic E-state index is -1.62. The molecule has 1 aliphatic rings. The fourth-order valence-corrected chi connectivity index (χ4v) is 5.69. The lowest BCUT2D eigenvalue weighted by atomic mass is 9.75. The SMILES string of the molecule is CC(C)(C)c1ccc2c(c1)C(C(C)(C)C)OP(Cl)Oc1c-2cc(C(C)(C)C)cc1C(C)(C)C. The number of hydrogen-bond acceptors (Lipinski definition) is 2. The Hall–Kier alpha value is -1.08. The van der Waals surface area contributed by atoms with Gasteiger partial charge in [-0.2, -0.15) is 0 Å². The van der Waals surface area contributed by atoms with E-state index in [4.69, 9.17) is 20.3 Å². The van der Waals surface area contributed by atoms with Gasteiger partial charge in [0.2, 0.25) is 0 Å². The molecular formula is C29H42ClO2P. The average Bonchev–Trinajstić information content (AvgIpc) is 2.61. The van der Waals surface area contributed by atoms with Crippen LogP contribution in [0.1, 0.15) is 111 Å². The zero-order chi connectivity index (χ0) is 25.1. The molecule has 0 radical (unpaired) electrons. The molecular weight excluding hydrogens is 447 g/mol. The van der Waals surface area contributed by atoms with Crippen molar-refractivity contribution in [1.29, 1.82) is 0 Å². The van der Waals surface area contributed by atoms with Crippen LogP contribution in [0, 0.1) is 5.41 Å². The summed E-state index contributed by atoms with van der Waals surface area (Å²) >= 11 is 6.79. The Balaban J connectivity index is 2.47. The van der Waals surface area contributed by atoms with Crippen molar-refractivity contribution >= 4 is 19.0 Å². The molecule has 0 saturated heterocycles. The second-order valence-corrected chi connectivity index (χ2v) is 15.3. The van der Waals surface area contributed by atoms with Crippen LogP contribution in [0.4, 0.5) is 0 Å². The number of halogens is 1. The summed E-state index contributed by atoms with van der Waals surface area (Å²) < 4.78 is 12.9. The summed E-state index contributed by atoms with van der Waals surface area (Å²) in [5, 5.41) is 0. The number of benzene rings is 2. The van der Waals surface area contributed by atoms with Crippen molar-refractivity contribution in [3.05, 3.63) is 52.6 Å². The van der Waals surface area contributed by atoms with Crippen molar-refractivity contribution in [2.75, 3.05) is 0 Å². The van der Waals surface area contributed by atoms with Gasteiger partial charge in [-0.1, -0.05) is 107 Å². The summed E-state index contributed by atoms with van der Waals surface area (Å²) in [5.74, 6) is 0.855. The molecule has 0 saturated carbocycles. The lowest BCUT2D eigenvalue weighted by Gasteiger charge is -2.38. The lowest BCUT2D eigenvalue weighted by molar-refractivity contribution is 0.0933. The Morgan fingerprint density at radius 2 is 1.27 bits per heavy atom. The van der Waals surface area contributed by atoms with E-state index in [-0.39, 0.29) is 27.8 Å². The van der Waals surface area contributed by atoms with Crippen molar-refractivity contribution in [3.63, 3.8) is 0 Å². The highest BCUT2D eigenvalue weighted by atomic mass is 35.7. The zero-order valence-corrected chi connectivity index (χ0v) is 24.3. The molecule has 2 aromatic carbocycles. The molecule has 0 bridgehead atoms. The molecule has 182 valence electrons. The minimum Gasteiger partial charge on any atom is -0.435 e. The van der Waals surface area contributed by atoms with Crippen LogP contribution in [0.5, 0.6) is 5.75 Å². The van der Waals surface area contributed by atoms with Crippen LogP contribution in [0.15, 0.2) is 30.3 Å². The number of fused-ring (bicyclic) bond motifs is 3. The van der Waals surface area contributed by atoms with Crippen molar-refractivity contribution < 1.29 is 9.05 Å². The van der Waals surface area contributed by atoms with E-state index in [0.29, 0.717) is 0 Å². The second-order valence-electron chi connectivity index (χ2n) is 13.6. The van der Waals surface area contributed by atoms with E-state index in [1.165, 1.54) is 27.8 Å². The highest BCUT2D eigenvalue weighted by Gasteiger charge is 2.38. The lowest BCUT2D eigenvalue weighted by Crippen LogP contribution is -2.24. The summed E-state index contributed by atoms with van der Waals surface area (Å²) in [6, 6.07) is 11.5. The monoisotopic (exact) mass is 488 g/mol. The number of hydrogen-bond donors (Lipinski definition) is 0. The predicted octanol–water partition coefficient (Wildman–Crippen LogP) is 10.2. The predicted molar refractivity (Wildman–Crippen MR) is 145 cm³/mol. The third-order valence-electron chi connectivity index (χ3n) is 6.39. The Labute approximate surface area is 208 Å². The molecule has 1 heterocycles. The molecule has 2 aromatic rings. The highest BCUT2D eigenvalue weighted by Crippen LogP contribution is 2.59. The van der Waals surface area contributed by atoms with Crippen LogP contribution < -0.4 is 4.52 Å². The van der Waals surface area contributed by atoms with Gasteiger partial charge in [0.25, 0.3) is 0 Å². The molecule has 33 heavy (non-hydrogen) atoms. The first-order valence-electron chi connectivity index (χ1n) is 11.9. The molecule has 3 rings (SSSR count). The van der Waals surface area contributed by atoms with Gasteiger partial charge in [0.1, 0.15) is 5.75 Å². The van der Waals surface area contributed by atoms with Crippen molar-refractivity contribution in [2.45, 2.75) is 105 Å². The Morgan fingerprint density at radius 1 is 0.697 bits per heavy atom. The van der Waals surface area contributed by atoms with Gasteiger partial charge in [-0.15, -0.1) is 0 Å². The maximum absolute atomic E-state index is 6.79. The molecule has 2 unspecified atom stereocenters. The zero-order valence-electron chi connectivity index (χ0n) is 22.6. The van der Waals surface area contributed by atoms with Crippen LogP contribution in [0.3, 0.4) is 0 Å². The molecule has 2 nitrogen and oxygen atoms in total. The molecule has 0 amide bonds. The van der Waals surface area contributed by atoms with Gasteiger partial charge in [-0.3, -0.25) is 0 Å². The van der Waals surface area contributed by atoms with Gasteiger partial charge in [-0.05, 0) is 61.2 Å². The van der Waals surface area contributed by atoms with Gasteiger partial charge >= 0.3 is 7.73 Å². The molecule has 0 N–H and O–H groups in total. The molecule has 0 aromatic heterocycles. The van der Waals surface area contributed by atoms with E-state index in [0.717, 1.165) is 11.3 Å². The fourth-order valence-electron chi connectivity index (χ4n) is 4.27. The largest absolute Gasteiger partial charge is 0.435 e. The quantitative estimate of drug-likeness (QED) is 0.343. The molecule has 0 fully saturated rings. The van der Waals surface area contributed by atoms with Crippen molar-refractivity contribution in [3.8, 4) is 16.9 Å². The van der Waals surface area contributed by atoms with Crippen molar-refractivity contribution in [1.82, 2.24) is 0 Å². The highest BCUT2D eigenvalue weighted by molar-refractivity contribution is 7.76. The third kappa shape index (κ3) is 5.61. The van der Waals surface area contributed by atoms with E-state index in [1.807, 2.05) is 0 Å². The Kier molecular flexibility index (Phi) is 6.87.